The lowest BCUT2D eigenvalue weighted by Gasteiger charge is -2.05. The molecule has 0 saturated carbocycles. The smallest absolute Gasteiger partial charge is 0.267 e. The molecule has 3 heterocycles. The molecule has 8 nitrogen and oxygen atoms in total. The van der Waals surface area contributed by atoms with Crippen LogP contribution < -0.4 is 15.0 Å². The van der Waals surface area contributed by atoms with Gasteiger partial charge in [0.25, 0.3) is 5.56 Å². The van der Waals surface area contributed by atoms with Crippen LogP contribution in [0.3, 0.4) is 0 Å². The summed E-state index contributed by atoms with van der Waals surface area (Å²) in [5.74, 6) is 1.37. The zero-order valence-corrected chi connectivity index (χ0v) is 14.9. The maximum Gasteiger partial charge on any atom is 0.267 e. The fraction of sp³-hybridized carbons (Fsp3) is 0.100. The normalized spacial score (nSPS) is 12.3. The van der Waals surface area contributed by atoms with Crippen molar-refractivity contribution in [1.29, 1.82) is 0 Å². The standard InChI is InChI=1S/C20H13FN4O4/c21-14-4-2-1-3-13(14)15-6-8-19(26)25(23-15)10-18-22-20(24-29-18)12-5-7-16-17(9-12)28-11-27-16/h1-9H,10-11H2. The molecule has 0 spiro atoms. The Morgan fingerprint density at radius 2 is 1.90 bits per heavy atom. The Morgan fingerprint density at radius 3 is 2.79 bits per heavy atom. The largest absolute Gasteiger partial charge is 0.454 e. The first kappa shape index (κ1) is 17.1. The average Bonchev–Trinajstić information content (AvgIpc) is 3.39. The number of rotatable bonds is 4. The van der Waals surface area contributed by atoms with Crippen molar-refractivity contribution in [1.82, 2.24) is 19.9 Å². The van der Waals surface area contributed by atoms with Crippen molar-refractivity contribution >= 4 is 0 Å². The lowest BCUT2D eigenvalue weighted by molar-refractivity contribution is 0.174. The maximum atomic E-state index is 14.0. The lowest BCUT2D eigenvalue weighted by atomic mass is 10.1. The minimum absolute atomic E-state index is 0.0430. The topological polar surface area (TPSA) is 92.3 Å². The molecule has 0 atom stereocenters. The van der Waals surface area contributed by atoms with Crippen LogP contribution in [0.2, 0.25) is 0 Å². The van der Waals surface area contributed by atoms with Gasteiger partial charge in [-0.2, -0.15) is 10.1 Å². The molecule has 0 N–H and O–H groups in total. The summed E-state index contributed by atoms with van der Waals surface area (Å²) in [6.07, 6.45) is 0. The molecule has 0 fully saturated rings. The predicted molar refractivity (Wildman–Crippen MR) is 98.9 cm³/mol. The van der Waals surface area contributed by atoms with Crippen LogP contribution in [0.5, 0.6) is 11.5 Å². The van der Waals surface area contributed by atoms with E-state index in [0.717, 1.165) is 4.68 Å². The van der Waals surface area contributed by atoms with E-state index in [0.29, 0.717) is 34.1 Å². The average molecular weight is 392 g/mol. The molecule has 144 valence electrons. The Labute approximate surface area is 163 Å². The summed E-state index contributed by atoms with van der Waals surface area (Å²) in [5.41, 5.74) is 0.948. The summed E-state index contributed by atoms with van der Waals surface area (Å²) in [5, 5.41) is 8.17. The summed E-state index contributed by atoms with van der Waals surface area (Å²) in [6, 6.07) is 14.3. The van der Waals surface area contributed by atoms with E-state index in [9.17, 15) is 9.18 Å². The van der Waals surface area contributed by atoms with Crippen molar-refractivity contribution in [3.63, 3.8) is 0 Å². The third kappa shape index (κ3) is 3.22. The third-order valence-electron chi connectivity index (χ3n) is 4.40. The maximum absolute atomic E-state index is 14.0. The monoisotopic (exact) mass is 392 g/mol. The summed E-state index contributed by atoms with van der Waals surface area (Å²) in [7, 11) is 0. The number of hydrogen-bond donors (Lipinski definition) is 0. The summed E-state index contributed by atoms with van der Waals surface area (Å²) < 4.78 is 31.1. The number of nitrogens with zero attached hydrogens (tertiary/aromatic N) is 4. The van der Waals surface area contributed by atoms with Gasteiger partial charge in [-0.15, -0.1) is 0 Å². The van der Waals surface area contributed by atoms with Crippen LogP contribution >= 0.6 is 0 Å². The first-order valence-electron chi connectivity index (χ1n) is 8.73. The molecule has 0 amide bonds. The van der Waals surface area contributed by atoms with E-state index < -0.39 is 5.82 Å². The molecule has 4 aromatic rings. The second-order valence-corrected chi connectivity index (χ2v) is 6.27. The molecular formula is C20H13FN4O4. The quantitative estimate of drug-likeness (QED) is 0.527. The molecule has 9 heteroatoms. The first-order valence-corrected chi connectivity index (χ1v) is 8.73. The Balaban J connectivity index is 1.43. The lowest BCUT2D eigenvalue weighted by Crippen LogP contribution is -2.23. The highest BCUT2D eigenvalue weighted by molar-refractivity contribution is 5.61. The third-order valence-corrected chi connectivity index (χ3v) is 4.40. The van der Waals surface area contributed by atoms with E-state index in [4.69, 9.17) is 14.0 Å². The van der Waals surface area contributed by atoms with Gasteiger partial charge < -0.3 is 14.0 Å². The Morgan fingerprint density at radius 1 is 1.03 bits per heavy atom. The molecule has 0 aliphatic carbocycles. The van der Waals surface area contributed by atoms with Crippen LogP contribution in [-0.2, 0) is 6.54 Å². The highest BCUT2D eigenvalue weighted by Crippen LogP contribution is 2.35. The van der Waals surface area contributed by atoms with E-state index in [1.54, 1.807) is 36.4 Å². The highest BCUT2D eigenvalue weighted by Gasteiger charge is 2.17. The van der Waals surface area contributed by atoms with Gasteiger partial charge in [-0.25, -0.2) is 9.07 Å². The second kappa shape index (κ2) is 6.86. The minimum Gasteiger partial charge on any atom is -0.454 e. The van der Waals surface area contributed by atoms with Gasteiger partial charge in [0, 0.05) is 17.2 Å². The molecule has 2 aromatic carbocycles. The van der Waals surface area contributed by atoms with Gasteiger partial charge in [-0.1, -0.05) is 17.3 Å². The van der Waals surface area contributed by atoms with Gasteiger partial charge in [0.2, 0.25) is 18.5 Å². The molecule has 0 saturated heterocycles. The SMILES string of the molecule is O=c1ccc(-c2ccccc2F)nn1Cc1nc(-c2ccc3c(c2)OCO3)no1. The Bertz CT molecular complexity index is 1270. The van der Waals surface area contributed by atoms with Gasteiger partial charge in [0.1, 0.15) is 12.4 Å². The zero-order chi connectivity index (χ0) is 19.8. The van der Waals surface area contributed by atoms with Gasteiger partial charge in [0.05, 0.1) is 5.69 Å². The van der Waals surface area contributed by atoms with Crippen molar-refractivity contribution in [2.45, 2.75) is 6.54 Å². The van der Waals surface area contributed by atoms with E-state index in [1.165, 1.54) is 18.2 Å². The van der Waals surface area contributed by atoms with Crippen molar-refractivity contribution in [2.75, 3.05) is 6.79 Å². The van der Waals surface area contributed by atoms with E-state index >= 15 is 0 Å². The molecule has 0 bridgehead atoms. The first-order chi connectivity index (χ1) is 14.2. The van der Waals surface area contributed by atoms with Gasteiger partial charge in [-0.3, -0.25) is 4.79 Å². The van der Waals surface area contributed by atoms with Gasteiger partial charge in [0.15, 0.2) is 11.5 Å². The van der Waals surface area contributed by atoms with E-state index in [2.05, 4.69) is 15.2 Å². The number of ether oxygens (including phenoxy) is 2. The molecule has 1 aliphatic heterocycles. The summed E-state index contributed by atoms with van der Waals surface area (Å²) in [4.78, 5) is 16.5. The highest BCUT2D eigenvalue weighted by atomic mass is 19.1. The molecule has 2 aromatic heterocycles. The minimum atomic E-state index is -0.423. The number of hydrogen-bond acceptors (Lipinski definition) is 7. The van der Waals surface area contributed by atoms with Crippen molar-refractivity contribution in [3.05, 3.63) is 76.7 Å². The van der Waals surface area contributed by atoms with Crippen molar-refractivity contribution < 1.29 is 18.4 Å². The van der Waals surface area contributed by atoms with Crippen LogP contribution in [0.4, 0.5) is 4.39 Å². The Kier molecular flexibility index (Phi) is 4.05. The summed E-state index contributed by atoms with van der Waals surface area (Å²) in [6.45, 7) is 0.127. The number of fused-ring (bicyclic) bond motifs is 1. The van der Waals surface area contributed by atoms with E-state index in [1.807, 2.05) is 0 Å². The van der Waals surface area contributed by atoms with Crippen LogP contribution in [-0.4, -0.2) is 26.7 Å². The zero-order valence-electron chi connectivity index (χ0n) is 14.9. The molecule has 0 radical (unpaired) electrons. The fourth-order valence-corrected chi connectivity index (χ4v) is 2.97. The molecule has 1 aliphatic rings. The van der Waals surface area contributed by atoms with Gasteiger partial charge >= 0.3 is 0 Å². The van der Waals surface area contributed by atoms with Crippen molar-refractivity contribution in [2.24, 2.45) is 0 Å². The molecular weight excluding hydrogens is 379 g/mol. The Hall–Kier alpha value is -4.01. The number of aromatic nitrogens is 4. The van der Waals surface area contributed by atoms with Crippen LogP contribution in [0.15, 0.2) is 63.9 Å². The fourth-order valence-electron chi connectivity index (χ4n) is 2.97. The van der Waals surface area contributed by atoms with E-state index in [-0.39, 0.29) is 24.8 Å². The van der Waals surface area contributed by atoms with Crippen LogP contribution in [0.1, 0.15) is 5.89 Å². The molecule has 0 unspecified atom stereocenters. The van der Waals surface area contributed by atoms with Crippen LogP contribution in [0, 0.1) is 5.82 Å². The second-order valence-electron chi connectivity index (χ2n) is 6.27. The van der Waals surface area contributed by atoms with Crippen molar-refractivity contribution in [3.8, 4) is 34.1 Å². The van der Waals surface area contributed by atoms with Gasteiger partial charge in [-0.05, 0) is 36.4 Å². The number of halogens is 1. The van der Waals surface area contributed by atoms with Crippen LogP contribution in [0.25, 0.3) is 22.6 Å². The molecule has 29 heavy (non-hydrogen) atoms. The predicted octanol–water partition coefficient (Wildman–Crippen LogP) is 2.88. The molecule has 5 rings (SSSR count). The number of benzene rings is 2. The summed E-state index contributed by atoms with van der Waals surface area (Å²) >= 11 is 0.